The first-order chi connectivity index (χ1) is 8.33. The molecule has 2 spiro atoms. The minimum absolute atomic E-state index is 0.694. The van der Waals surface area contributed by atoms with Crippen molar-refractivity contribution in [3.63, 3.8) is 0 Å². The summed E-state index contributed by atoms with van der Waals surface area (Å²) in [6.45, 7) is 14.0. The van der Waals surface area contributed by atoms with E-state index in [1.54, 1.807) is 0 Å². The van der Waals surface area contributed by atoms with Gasteiger partial charge >= 0.3 is 0 Å². The zero-order chi connectivity index (χ0) is 12.2. The standard InChI is InChI=1S/C6H12N2.C5H10N2.C2H6/c1-2-7-3-6(1)4-8-5-6;1-5(2-6-1)3-7-4-5;1-2/h7-8H,1-5H2;6-7H,1-4H2;1-2H3. The third-order valence-corrected chi connectivity index (χ3v) is 4.33. The molecule has 4 N–H and O–H groups in total. The van der Waals surface area contributed by atoms with Crippen LogP contribution in [-0.4, -0.2) is 52.4 Å². The smallest absolute Gasteiger partial charge is 0.0202 e. The largest absolute Gasteiger partial charge is 0.316 e. The van der Waals surface area contributed by atoms with Gasteiger partial charge in [0.05, 0.1) is 0 Å². The van der Waals surface area contributed by atoms with Crippen LogP contribution in [0.15, 0.2) is 0 Å². The lowest BCUT2D eigenvalue weighted by Gasteiger charge is -2.50. The van der Waals surface area contributed by atoms with Gasteiger partial charge in [0.25, 0.3) is 0 Å². The van der Waals surface area contributed by atoms with E-state index in [0.29, 0.717) is 5.41 Å². The van der Waals surface area contributed by atoms with Crippen LogP contribution in [0, 0.1) is 10.8 Å². The summed E-state index contributed by atoms with van der Waals surface area (Å²) in [6.07, 6.45) is 1.39. The maximum Gasteiger partial charge on any atom is 0.0202 e. The quantitative estimate of drug-likeness (QED) is 0.473. The molecule has 4 aliphatic heterocycles. The lowest BCUT2D eigenvalue weighted by molar-refractivity contribution is 0.0895. The van der Waals surface area contributed by atoms with Crippen molar-refractivity contribution in [2.24, 2.45) is 10.8 Å². The Morgan fingerprint density at radius 1 is 0.588 bits per heavy atom. The Kier molecular flexibility index (Phi) is 4.42. The van der Waals surface area contributed by atoms with Crippen molar-refractivity contribution in [2.45, 2.75) is 20.3 Å². The molecular weight excluding hydrogens is 212 g/mol. The Balaban J connectivity index is 0.000000112. The molecule has 17 heavy (non-hydrogen) atoms. The molecule has 0 radical (unpaired) electrons. The van der Waals surface area contributed by atoms with Crippen LogP contribution in [0.2, 0.25) is 0 Å². The molecule has 0 aromatic rings. The Hall–Kier alpha value is -0.160. The molecule has 100 valence electrons. The third-order valence-electron chi connectivity index (χ3n) is 4.33. The summed E-state index contributed by atoms with van der Waals surface area (Å²) in [5.41, 5.74) is 1.42. The van der Waals surface area contributed by atoms with Crippen molar-refractivity contribution in [3.8, 4) is 0 Å². The Morgan fingerprint density at radius 3 is 1.12 bits per heavy atom. The average Bonchev–Trinajstić information content (AvgIpc) is 2.65. The summed E-state index contributed by atoms with van der Waals surface area (Å²) in [5, 5.41) is 13.2. The molecule has 4 rings (SSSR count). The molecule has 0 aromatic carbocycles. The molecule has 4 saturated heterocycles. The van der Waals surface area contributed by atoms with Gasteiger partial charge in [-0.2, -0.15) is 0 Å². The predicted octanol–water partition coefficient (Wildman–Crippen LogP) is -0.225. The number of hydrogen-bond donors (Lipinski definition) is 4. The van der Waals surface area contributed by atoms with E-state index >= 15 is 0 Å². The van der Waals surface area contributed by atoms with Crippen molar-refractivity contribution in [1.29, 1.82) is 0 Å². The van der Waals surface area contributed by atoms with Gasteiger partial charge in [-0.25, -0.2) is 0 Å². The molecule has 0 bridgehead atoms. The van der Waals surface area contributed by atoms with Crippen LogP contribution >= 0.6 is 0 Å². The zero-order valence-electron chi connectivity index (χ0n) is 11.4. The first kappa shape index (κ1) is 13.3. The number of nitrogens with one attached hydrogen (secondary N) is 4. The van der Waals surface area contributed by atoms with Crippen molar-refractivity contribution < 1.29 is 0 Å². The molecule has 0 saturated carbocycles. The molecule has 4 nitrogen and oxygen atoms in total. The summed E-state index contributed by atoms with van der Waals surface area (Å²) in [5.74, 6) is 0. The van der Waals surface area contributed by atoms with E-state index in [9.17, 15) is 0 Å². The van der Waals surface area contributed by atoms with Gasteiger partial charge in [0.1, 0.15) is 0 Å². The van der Waals surface area contributed by atoms with Gasteiger partial charge in [0.2, 0.25) is 0 Å². The first-order valence-electron chi connectivity index (χ1n) is 7.16. The van der Waals surface area contributed by atoms with Gasteiger partial charge in [-0.15, -0.1) is 0 Å². The van der Waals surface area contributed by atoms with E-state index in [1.165, 1.54) is 58.8 Å². The fourth-order valence-corrected chi connectivity index (χ4v) is 2.78. The van der Waals surface area contributed by atoms with Crippen molar-refractivity contribution in [2.75, 3.05) is 52.4 Å². The first-order valence-corrected chi connectivity index (χ1v) is 7.16. The molecule has 0 amide bonds. The molecule has 0 atom stereocenters. The molecule has 0 unspecified atom stereocenters. The van der Waals surface area contributed by atoms with Crippen molar-refractivity contribution in [3.05, 3.63) is 0 Å². The lowest BCUT2D eigenvalue weighted by Crippen LogP contribution is -2.69. The second-order valence-corrected chi connectivity index (χ2v) is 5.74. The normalized spacial score (nSPS) is 30.0. The van der Waals surface area contributed by atoms with Crippen LogP contribution in [0.25, 0.3) is 0 Å². The van der Waals surface area contributed by atoms with Gasteiger partial charge in [-0.3, -0.25) is 0 Å². The summed E-state index contributed by atoms with van der Waals surface area (Å²) in [4.78, 5) is 0. The molecule has 4 aliphatic rings. The van der Waals surface area contributed by atoms with Crippen molar-refractivity contribution >= 4 is 0 Å². The highest BCUT2D eigenvalue weighted by Gasteiger charge is 2.42. The SMILES string of the molecule is C1CC2(CN1)CNC2.C1NCC12CNC2.CC. The van der Waals surface area contributed by atoms with E-state index in [-0.39, 0.29) is 0 Å². The predicted molar refractivity (Wildman–Crippen MR) is 72.3 cm³/mol. The summed E-state index contributed by atoms with van der Waals surface area (Å²) < 4.78 is 0. The van der Waals surface area contributed by atoms with Crippen LogP contribution in [0.5, 0.6) is 0 Å². The van der Waals surface area contributed by atoms with E-state index in [0.717, 1.165) is 5.41 Å². The maximum atomic E-state index is 3.38. The second-order valence-electron chi connectivity index (χ2n) is 5.74. The van der Waals surface area contributed by atoms with E-state index in [2.05, 4.69) is 21.3 Å². The average molecular weight is 240 g/mol. The van der Waals surface area contributed by atoms with Crippen LogP contribution in [0.3, 0.4) is 0 Å². The minimum atomic E-state index is 0.694. The maximum absolute atomic E-state index is 3.38. The second kappa shape index (κ2) is 5.65. The highest BCUT2D eigenvalue weighted by Crippen LogP contribution is 2.28. The van der Waals surface area contributed by atoms with Crippen LogP contribution in [0.4, 0.5) is 0 Å². The summed E-state index contributed by atoms with van der Waals surface area (Å²) in [7, 11) is 0. The molecule has 0 aromatic heterocycles. The van der Waals surface area contributed by atoms with Gasteiger partial charge in [-0.1, -0.05) is 13.8 Å². The minimum Gasteiger partial charge on any atom is -0.316 e. The number of hydrogen-bond acceptors (Lipinski definition) is 4. The van der Waals surface area contributed by atoms with E-state index < -0.39 is 0 Å². The zero-order valence-corrected chi connectivity index (χ0v) is 11.4. The fourth-order valence-electron chi connectivity index (χ4n) is 2.78. The molecule has 0 aliphatic carbocycles. The molecule has 4 fully saturated rings. The Bertz CT molecular complexity index is 206. The summed E-state index contributed by atoms with van der Waals surface area (Å²) in [6, 6.07) is 0. The van der Waals surface area contributed by atoms with Crippen LogP contribution in [-0.2, 0) is 0 Å². The lowest BCUT2D eigenvalue weighted by atomic mass is 9.76. The number of rotatable bonds is 0. The highest BCUT2D eigenvalue weighted by atomic mass is 15.1. The molecule has 4 heterocycles. The van der Waals surface area contributed by atoms with Crippen LogP contribution < -0.4 is 21.3 Å². The van der Waals surface area contributed by atoms with Gasteiger partial charge in [-0.05, 0) is 13.0 Å². The monoisotopic (exact) mass is 240 g/mol. The Labute approximate surface area is 105 Å². The topological polar surface area (TPSA) is 48.1 Å². The van der Waals surface area contributed by atoms with Gasteiger partial charge in [0, 0.05) is 56.6 Å². The van der Waals surface area contributed by atoms with E-state index in [4.69, 9.17) is 0 Å². The summed E-state index contributed by atoms with van der Waals surface area (Å²) >= 11 is 0. The van der Waals surface area contributed by atoms with Crippen LogP contribution in [0.1, 0.15) is 20.3 Å². The fraction of sp³-hybridized carbons (Fsp3) is 1.00. The molecule has 4 heteroatoms. The third kappa shape index (κ3) is 2.81. The van der Waals surface area contributed by atoms with E-state index in [1.807, 2.05) is 13.8 Å². The van der Waals surface area contributed by atoms with Crippen molar-refractivity contribution in [1.82, 2.24) is 21.3 Å². The molecular formula is C13H28N4. The Morgan fingerprint density at radius 2 is 1.00 bits per heavy atom. The highest BCUT2D eigenvalue weighted by molar-refractivity contribution is 5.01. The van der Waals surface area contributed by atoms with Gasteiger partial charge in [0.15, 0.2) is 0 Å². The van der Waals surface area contributed by atoms with Gasteiger partial charge < -0.3 is 21.3 Å².